The molecule has 1 rings (SSSR count). The first-order valence-corrected chi connectivity index (χ1v) is 5.19. The molecule has 3 N–H and O–H groups in total. The second-order valence-electron chi connectivity index (χ2n) is 3.88. The predicted octanol–water partition coefficient (Wildman–Crippen LogP) is 0.0864. The molecule has 16 heavy (non-hydrogen) atoms. The zero-order valence-electron chi connectivity index (χ0n) is 9.05. The minimum Gasteiger partial charge on any atom is -0.354 e. The molecule has 94 valence electrons. The molecule has 0 spiro atoms. The van der Waals surface area contributed by atoms with Gasteiger partial charge in [0.15, 0.2) is 0 Å². The SMILES string of the molecule is CCC(N)C(N1CCNC(=O)C1)C(F)(F)F. The van der Waals surface area contributed by atoms with Gasteiger partial charge in [-0.2, -0.15) is 13.2 Å². The van der Waals surface area contributed by atoms with E-state index in [1.807, 2.05) is 0 Å². The Morgan fingerprint density at radius 1 is 1.56 bits per heavy atom. The number of alkyl halides is 3. The first-order valence-electron chi connectivity index (χ1n) is 5.19. The number of piperazine rings is 1. The smallest absolute Gasteiger partial charge is 0.354 e. The number of nitrogens with zero attached hydrogens (tertiary/aromatic N) is 1. The van der Waals surface area contributed by atoms with Crippen LogP contribution in [0.5, 0.6) is 0 Å². The fourth-order valence-corrected chi connectivity index (χ4v) is 1.84. The van der Waals surface area contributed by atoms with Crippen molar-refractivity contribution in [3.63, 3.8) is 0 Å². The molecule has 0 aliphatic carbocycles. The van der Waals surface area contributed by atoms with Gasteiger partial charge in [0.2, 0.25) is 5.91 Å². The molecule has 0 aromatic heterocycles. The summed E-state index contributed by atoms with van der Waals surface area (Å²) in [6.45, 7) is 1.79. The molecule has 0 aromatic rings. The van der Waals surface area contributed by atoms with Crippen LogP contribution in [0.3, 0.4) is 0 Å². The molecule has 0 radical (unpaired) electrons. The van der Waals surface area contributed by atoms with Gasteiger partial charge in [-0.05, 0) is 6.42 Å². The van der Waals surface area contributed by atoms with Crippen molar-refractivity contribution < 1.29 is 18.0 Å². The molecule has 1 aliphatic heterocycles. The van der Waals surface area contributed by atoms with E-state index >= 15 is 0 Å². The van der Waals surface area contributed by atoms with E-state index in [9.17, 15) is 18.0 Å². The Hall–Kier alpha value is -0.820. The van der Waals surface area contributed by atoms with Crippen LogP contribution in [-0.2, 0) is 4.79 Å². The highest BCUT2D eigenvalue weighted by atomic mass is 19.4. The van der Waals surface area contributed by atoms with Gasteiger partial charge in [0.1, 0.15) is 6.04 Å². The molecule has 1 fully saturated rings. The lowest BCUT2D eigenvalue weighted by molar-refractivity contribution is -0.191. The van der Waals surface area contributed by atoms with Gasteiger partial charge in [-0.3, -0.25) is 9.69 Å². The van der Waals surface area contributed by atoms with E-state index in [1.54, 1.807) is 6.92 Å². The van der Waals surface area contributed by atoms with Gasteiger partial charge in [0.05, 0.1) is 6.54 Å². The molecular weight excluding hydrogens is 223 g/mol. The Morgan fingerprint density at radius 2 is 2.19 bits per heavy atom. The van der Waals surface area contributed by atoms with Crippen LogP contribution in [0.2, 0.25) is 0 Å². The average Bonchev–Trinajstić information content (AvgIpc) is 2.15. The molecule has 4 nitrogen and oxygen atoms in total. The Labute approximate surface area is 92.0 Å². The number of amides is 1. The van der Waals surface area contributed by atoms with Gasteiger partial charge in [0.25, 0.3) is 0 Å². The summed E-state index contributed by atoms with van der Waals surface area (Å²) in [6, 6.07) is -2.73. The zero-order chi connectivity index (χ0) is 12.3. The van der Waals surface area contributed by atoms with Crippen molar-refractivity contribution in [3.8, 4) is 0 Å². The number of hydrogen-bond donors (Lipinski definition) is 2. The maximum Gasteiger partial charge on any atom is 0.405 e. The quantitative estimate of drug-likeness (QED) is 0.733. The lowest BCUT2D eigenvalue weighted by atomic mass is 10.0. The van der Waals surface area contributed by atoms with Gasteiger partial charge < -0.3 is 11.1 Å². The van der Waals surface area contributed by atoms with Crippen molar-refractivity contribution in [2.75, 3.05) is 19.6 Å². The van der Waals surface area contributed by atoms with Crippen LogP contribution in [0.4, 0.5) is 13.2 Å². The van der Waals surface area contributed by atoms with Crippen LogP contribution in [0.1, 0.15) is 13.3 Å². The van der Waals surface area contributed by atoms with E-state index in [1.165, 1.54) is 0 Å². The highest BCUT2D eigenvalue weighted by Crippen LogP contribution is 2.28. The van der Waals surface area contributed by atoms with Gasteiger partial charge in [-0.15, -0.1) is 0 Å². The molecule has 2 unspecified atom stereocenters. The van der Waals surface area contributed by atoms with Crippen molar-refractivity contribution in [1.29, 1.82) is 0 Å². The topological polar surface area (TPSA) is 58.4 Å². The molecule has 1 saturated heterocycles. The maximum atomic E-state index is 12.8. The number of carbonyl (C=O) groups is 1. The predicted molar refractivity (Wildman–Crippen MR) is 52.7 cm³/mol. The van der Waals surface area contributed by atoms with Crippen LogP contribution in [0.15, 0.2) is 0 Å². The molecule has 7 heteroatoms. The number of nitrogens with two attached hydrogens (primary N) is 1. The van der Waals surface area contributed by atoms with Crippen molar-refractivity contribution in [1.82, 2.24) is 10.2 Å². The average molecular weight is 239 g/mol. The fourth-order valence-electron chi connectivity index (χ4n) is 1.84. The Balaban J connectivity index is 2.79. The van der Waals surface area contributed by atoms with Crippen molar-refractivity contribution in [2.24, 2.45) is 5.73 Å². The number of rotatable bonds is 3. The minimum atomic E-state index is -4.40. The monoisotopic (exact) mass is 239 g/mol. The number of hydrogen-bond acceptors (Lipinski definition) is 3. The van der Waals surface area contributed by atoms with Crippen LogP contribution < -0.4 is 11.1 Å². The van der Waals surface area contributed by atoms with Crippen molar-refractivity contribution in [2.45, 2.75) is 31.6 Å². The Bertz CT molecular complexity index is 257. The summed E-state index contributed by atoms with van der Waals surface area (Å²) in [6.07, 6.45) is -4.17. The number of carbonyl (C=O) groups excluding carboxylic acids is 1. The summed E-state index contributed by atoms with van der Waals surface area (Å²) in [5, 5.41) is 2.49. The summed E-state index contributed by atoms with van der Waals surface area (Å²) in [7, 11) is 0. The van der Waals surface area contributed by atoms with Gasteiger partial charge >= 0.3 is 6.18 Å². The largest absolute Gasteiger partial charge is 0.405 e. The van der Waals surface area contributed by atoms with Gasteiger partial charge in [0, 0.05) is 19.1 Å². The summed E-state index contributed by atoms with van der Waals surface area (Å²) < 4.78 is 38.4. The van der Waals surface area contributed by atoms with Crippen LogP contribution in [-0.4, -0.2) is 48.7 Å². The summed E-state index contributed by atoms with van der Waals surface area (Å²) in [4.78, 5) is 12.2. The fraction of sp³-hybridized carbons (Fsp3) is 0.889. The summed E-state index contributed by atoms with van der Waals surface area (Å²) in [5.74, 6) is -0.385. The maximum absolute atomic E-state index is 12.8. The van der Waals surface area contributed by atoms with E-state index in [0.717, 1.165) is 4.90 Å². The zero-order valence-corrected chi connectivity index (χ0v) is 9.05. The highest BCUT2D eigenvalue weighted by Gasteiger charge is 2.47. The second-order valence-corrected chi connectivity index (χ2v) is 3.88. The third kappa shape index (κ3) is 3.08. The molecular formula is C9H16F3N3O. The van der Waals surface area contributed by atoms with E-state index in [4.69, 9.17) is 5.73 Å². The van der Waals surface area contributed by atoms with Crippen LogP contribution >= 0.6 is 0 Å². The molecule has 2 atom stereocenters. The number of nitrogens with one attached hydrogen (secondary N) is 1. The third-order valence-corrected chi connectivity index (χ3v) is 2.67. The molecule has 1 amide bonds. The van der Waals surface area contributed by atoms with E-state index in [-0.39, 0.29) is 32.0 Å². The van der Waals surface area contributed by atoms with E-state index in [0.29, 0.717) is 0 Å². The second kappa shape index (κ2) is 5.01. The van der Waals surface area contributed by atoms with E-state index in [2.05, 4.69) is 5.32 Å². The van der Waals surface area contributed by atoms with E-state index < -0.39 is 18.3 Å². The Kier molecular flexibility index (Phi) is 4.15. The number of halogens is 3. The van der Waals surface area contributed by atoms with Crippen molar-refractivity contribution in [3.05, 3.63) is 0 Å². The lowest BCUT2D eigenvalue weighted by Gasteiger charge is -2.38. The first kappa shape index (κ1) is 13.2. The molecule has 1 heterocycles. The minimum absolute atomic E-state index is 0.184. The molecule has 0 bridgehead atoms. The van der Waals surface area contributed by atoms with Crippen LogP contribution in [0, 0.1) is 0 Å². The third-order valence-electron chi connectivity index (χ3n) is 2.67. The summed E-state index contributed by atoms with van der Waals surface area (Å²) in [5.41, 5.74) is 5.49. The Morgan fingerprint density at radius 3 is 2.62 bits per heavy atom. The standard InChI is InChI=1S/C9H16F3N3O/c1-2-6(13)8(9(10,11)12)15-4-3-14-7(16)5-15/h6,8H,2-5,13H2,1H3,(H,14,16). The first-order chi connectivity index (χ1) is 7.36. The normalized spacial score (nSPS) is 22.7. The highest BCUT2D eigenvalue weighted by molar-refractivity contribution is 5.78. The molecule has 0 aromatic carbocycles. The van der Waals surface area contributed by atoms with Crippen LogP contribution in [0.25, 0.3) is 0 Å². The van der Waals surface area contributed by atoms with Gasteiger partial charge in [-0.25, -0.2) is 0 Å². The van der Waals surface area contributed by atoms with Crippen molar-refractivity contribution >= 4 is 5.91 Å². The van der Waals surface area contributed by atoms with Gasteiger partial charge in [-0.1, -0.05) is 6.92 Å². The molecule has 0 saturated carbocycles. The summed E-state index contributed by atoms with van der Waals surface area (Å²) >= 11 is 0. The molecule has 1 aliphatic rings. The lowest BCUT2D eigenvalue weighted by Crippen LogP contribution is -2.61.